The number of rotatable bonds is 5. The van der Waals surface area contributed by atoms with Gasteiger partial charge in [-0.2, -0.15) is 0 Å². The van der Waals surface area contributed by atoms with Crippen LogP contribution in [0, 0.1) is 6.92 Å². The Morgan fingerprint density at radius 2 is 2.00 bits per heavy atom. The van der Waals surface area contributed by atoms with Crippen LogP contribution < -0.4 is 9.62 Å². The fourth-order valence-corrected chi connectivity index (χ4v) is 3.31. The van der Waals surface area contributed by atoms with E-state index in [1.165, 1.54) is 6.07 Å². The SMILES string of the molecule is Cc1ccc(Cl)cc1S(=O)(=O)NCc1ccnc(N(C)C)n1. The molecule has 0 spiro atoms. The molecule has 0 aliphatic carbocycles. The van der Waals surface area contributed by atoms with Crippen LogP contribution in [-0.4, -0.2) is 32.5 Å². The smallest absolute Gasteiger partial charge is 0.241 e. The normalized spacial score (nSPS) is 11.5. The summed E-state index contributed by atoms with van der Waals surface area (Å²) in [6.45, 7) is 1.80. The van der Waals surface area contributed by atoms with E-state index in [2.05, 4.69) is 14.7 Å². The first-order chi connectivity index (χ1) is 10.3. The van der Waals surface area contributed by atoms with Crippen molar-refractivity contribution in [2.75, 3.05) is 19.0 Å². The number of anilines is 1. The van der Waals surface area contributed by atoms with Crippen LogP contribution in [0.25, 0.3) is 0 Å². The Labute approximate surface area is 135 Å². The fraction of sp³-hybridized carbons (Fsp3) is 0.286. The van der Waals surface area contributed by atoms with Crippen LogP contribution in [0.4, 0.5) is 5.95 Å². The third-order valence-corrected chi connectivity index (χ3v) is 4.76. The number of aromatic nitrogens is 2. The summed E-state index contributed by atoms with van der Waals surface area (Å²) >= 11 is 5.88. The van der Waals surface area contributed by atoms with Gasteiger partial charge in [0.2, 0.25) is 16.0 Å². The Hall–Kier alpha value is -1.70. The molecule has 0 bridgehead atoms. The number of benzene rings is 1. The van der Waals surface area contributed by atoms with Gasteiger partial charge < -0.3 is 4.90 Å². The quantitative estimate of drug-likeness (QED) is 0.900. The minimum atomic E-state index is -3.65. The van der Waals surface area contributed by atoms with Gasteiger partial charge in [-0.25, -0.2) is 23.1 Å². The van der Waals surface area contributed by atoms with Gasteiger partial charge in [-0.15, -0.1) is 0 Å². The summed E-state index contributed by atoms with van der Waals surface area (Å²) in [6, 6.07) is 6.43. The zero-order chi connectivity index (χ0) is 16.3. The minimum absolute atomic E-state index is 0.0810. The van der Waals surface area contributed by atoms with Crippen molar-refractivity contribution in [1.29, 1.82) is 0 Å². The van der Waals surface area contributed by atoms with Crippen molar-refractivity contribution in [2.45, 2.75) is 18.4 Å². The summed E-state index contributed by atoms with van der Waals surface area (Å²) in [5.74, 6) is 0.524. The third kappa shape index (κ3) is 3.94. The zero-order valence-electron chi connectivity index (χ0n) is 12.5. The maximum absolute atomic E-state index is 12.4. The van der Waals surface area contributed by atoms with Crippen LogP contribution in [0.15, 0.2) is 35.4 Å². The highest BCUT2D eigenvalue weighted by Gasteiger charge is 2.17. The molecule has 0 aliphatic heterocycles. The van der Waals surface area contributed by atoms with Gasteiger partial charge >= 0.3 is 0 Å². The lowest BCUT2D eigenvalue weighted by atomic mass is 10.2. The summed E-state index contributed by atoms with van der Waals surface area (Å²) in [4.78, 5) is 10.3. The monoisotopic (exact) mass is 340 g/mol. The zero-order valence-corrected chi connectivity index (χ0v) is 14.1. The Morgan fingerprint density at radius 1 is 1.27 bits per heavy atom. The van der Waals surface area contributed by atoms with Crippen molar-refractivity contribution in [1.82, 2.24) is 14.7 Å². The van der Waals surface area contributed by atoms with E-state index in [4.69, 9.17) is 11.6 Å². The highest BCUT2D eigenvalue weighted by molar-refractivity contribution is 7.89. The maximum atomic E-state index is 12.4. The van der Waals surface area contributed by atoms with Gasteiger partial charge in [-0.1, -0.05) is 17.7 Å². The molecule has 0 atom stereocenters. The van der Waals surface area contributed by atoms with E-state index in [9.17, 15) is 8.42 Å². The van der Waals surface area contributed by atoms with Gasteiger partial charge in [-0.05, 0) is 30.7 Å². The Balaban J connectivity index is 2.20. The van der Waals surface area contributed by atoms with Gasteiger partial charge in [-0.3, -0.25) is 0 Å². The van der Waals surface area contributed by atoms with Crippen molar-refractivity contribution >= 4 is 27.6 Å². The fourth-order valence-electron chi connectivity index (χ4n) is 1.81. The predicted molar refractivity (Wildman–Crippen MR) is 86.6 cm³/mol. The Kier molecular flexibility index (Phi) is 5.00. The second-order valence-corrected chi connectivity index (χ2v) is 7.15. The van der Waals surface area contributed by atoms with Crippen molar-refractivity contribution in [3.63, 3.8) is 0 Å². The summed E-state index contributed by atoms with van der Waals surface area (Å²) < 4.78 is 27.3. The molecule has 0 amide bonds. The first kappa shape index (κ1) is 16.7. The maximum Gasteiger partial charge on any atom is 0.241 e. The largest absolute Gasteiger partial charge is 0.347 e. The highest BCUT2D eigenvalue weighted by atomic mass is 35.5. The molecule has 1 heterocycles. The lowest BCUT2D eigenvalue weighted by Crippen LogP contribution is -2.25. The molecule has 0 saturated heterocycles. The molecule has 0 fully saturated rings. The molecule has 0 aliphatic rings. The van der Waals surface area contributed by atoms with Gasteiger partial charge in [0.05, 0.1) is 17.1 Å². The molecule has 22 heavy (non-hydrogen) atoms. The second kappa shape index (κ2) is 6.60. The molecular weight excluding hydrogens is 324 g/mol. The molecule has 1 aromatic carbocycles. The molecule has 8 heteroatoms. The molecule has 2 aromatic rings. The molecule has 1 N–H and O–H groups in total. The van der Waals surface area contributed by atoms with Crippen LogP contribution in [0.1, 0.15) is 11.3 Å². The number of hydrogen-bond donors (Lipinski definition) is 1. The highest BCUT2D eigenvalue weighted by Crippen LogP contribution is 2.20. The molecule has 0 unspecified atom stereocenters. The minimum Gasteiger partial charge on any atom is -0.347 e. The number of halogens is 1. The topological polar surface area (TPSA) is 75.2 Å². The van der Waals surface area contributed by atoms with Crippen LogP contribution >= 0.6 is 11.6 Å². The number of hydrogen-bond acceptors (Lipinski definition) is 5. The van der Waals surface area contributed by atoms with E-state index < -0.39 is 10.0 Å². The van der Waals surface area contributed by atoms with E-state index in [1.807, 2.05) is 14.1 Å². The lowest BCUT2D eigenvalue weighted by molar-refractivity contribution is 0.579. The van der Waals surface area contributed by atoms with Gasteiger partial charge in [0.15, 0.2) is 0 Å². The summed E-state index contributed by atoms with van der Waals surface area (Å²) in [5.41, 5.74) is 1.22. The molecule has 118 valence electrons. The Morgan fingerprint density at radius 3 is 2.68 bits per heavy atom. The number of nitrogens with zero attached hydrogens (tertiary/aromatic N) is 3. The summed E-state index contributed by atoms with van der Waals surface area (Å²) in [6.07, 6.45) is 1.59. The number of nitrogens with one attached hydrogen (secondary N) is 1. The van der Waals surface area contributed by atoms with Gasteiger partial charge in [0, 0.05) is 25.3 Å². The average Bonchev–Trinajstić information content (AvgIpc) is 2.48. The molecule has 0 saturated carbocycles. The Bertz CT molecular complexity index is 778. The van der Waals surface area contributed by atoms with E-state index in [1.54, 1.807) is 36.2 Å². The van der Waals surface area contributed by atoms with Gasteiger partial charge in [0.25, 0.3) is 0 Å². The van der Waals surface area contributed by atoms with Gasteiger partial charge in [0.1, 0.15) is 0 Å². The van der Waals surface area contributed by atoms with Crippen LogP contribution in [0.2, 0.25) is 5.02 Å². The average molecular weight is 341 g/mol. The van der Waals surface area contributed by atoms with Crippen LogP contribution in [0.3, 0.4) is 0 Å². The summed E-state index contributed by atoms with van der Waals surface area (Å²) in [7, 11) is -0.0171. The van der Waals surface area contributed by atoms with E-state index in [0.717, 1.165) is 0 Å². The second-order valence-electron chi connectivity index (χ2n) is 4.98. The van der Waals surface area contributed by atoms with Crippen molar-refractivity contribution < 1.29 is 8.42 Å². The third-order valence-electron chi connectivity index (χ3n) is 2.98. The predicted octanol–water partition coefficient (Wildman–Crippen LogP) is 1.98. The van der Waals surface area contributed by atoms with E-state index in [0.29, 0.717) is 22.2 Å². The van der Waals surface area contributed by atoms with Crippen LogP contribution in [0.5, 0.6) is 0 Å². The molecule has 6 nitrogen and oxygen atoms in total. The molecule has 1 aromatic heterocycles. The van der Waals surface area contributed by atoms with Crippen LogP contribution in [-0.2, 0) is 16.6 Å². The standard InChI is InChI=1S/C14H17ClN4O2S/c1-10-4-5-11(15)8-13(10)22(20,21)17-9-12-6-7-16-14(18-12)19(2)3/h4-8,17H,9H2,1-3H3. The molecule has 2 rings (SSSR count). The van der Waals surface area contributed by atoms with Crippen molar-refractivity contribution in [2.24, 2.45) is 0 Å². The summed E-state index contributed by atoms with van der Waals surface area (Å²) in [5, 5.41) is 0.378. The first-order valence-electron chi connectivity index (χ1n) is 6.54. The first-order valence-corrected chi connectivity index (χ1v) is 8.41. The van der Waals surface area contributed by atoms with Crippen molar-refractivity contribution in [3.05, 3.63) is 46.7 Å². The molecular formula is C14H17ClN4O2S. The lowest BCUT2D eigenvalue weighted by Gasteiger charge is -2.12. The van der Waals surface area contributed by atoms with Crippen molar-refractivity contribution in [3.8, 4) is 0 Å². The molecule has 0 radical (unpaired) electrons. The number of sulfonamides is 1. The number of aryl methyl sites for hydroxylation is 1. The van der Waals surface area contributed by atoms with E-state index >= 15 is 0 Å². The van der Waals surface area contributed by atoms with E-state index in [-0.39, 0.29) is 11.4 Å².